The van der Waals surface area contributed by atoms with Crippen LogP contribution in [0.25, 0.3) is 0 Å². The van der Waals surface area contributed by atoms with Gasteiger partial charge in [-0.25, -0.2) is 9.78 Å². The third-order valence-corrected chi connectivity index (χ3v) is 8.21. The summed E-state index contributed by atoms with van der Waals surface area (Å²) in [7, 11) is 0. The molecule has 158 valence electrons. The molecule has 0 aromatic heterocycles. The van der Waals surface area contributed by atoms with Gasteiger partial charge in [-0.15, -0.1) is 0 Å². The number of hydrogen-bond donors (Lipinski definition) is 1. The summed E-state index contributed by atoms with van der Waals surface area (Å²) in [4.78, 5) is 22.5. The Morgan fingerprint density at radius 1 is 1.36 bits per heavy atom. The maximum Gasteiger partial charge on any atom is 0.308 e. The minimum Gasteiger partial charge on any atom is -0.481 e. The van der Waals surface area contributed by atoms with Crippen LogP contribution in [0.15, 0.2) is 23.8 Å². The summed E-state index contributed by atoms with van der Waals surface area (Å²) >= 11 is 0. The molecule has 7 unspecified atom stereocenters. The highest BCUT2D eigenvalue weighted by atomic mass is 17.2. The molecule has 1 heterocycles. The van der Waals surface area contributed by atoms with Crippen molar-refractivity contribution >= 4 is 5.97 Å². The lowest BCUT2D eigenvalue weighted by Gasteiger charge is -2.51. The fourth-order valence-corrected chi connectivity index (χ4v) is 5.54. The molecule has 0 spiro atoms. The van der Waals surface area contributed by atoms with E-state index in [0.717, 1.165) is 25.7 Å². The number of allylic oxidation sites excluding steroid dienone is 3. The third-order valence-electron chi connectivity index (χ3n) is 8.21. The number of hydrogen-bond acceptors (Lipinski definition) is 3. The zero-order valence-electron chi connectivity index (χ0n) is 18.3. The second-order valence-electron chi connectivity index (χ2n) is 10.2. The molecule has 4 heteroatoms. The van der Waals surface area contributed by atoms with E-state index in [-0.39, 0.29) is 17.1 Å². The molecule has 0 radical (unpaired) electrons. The maximum atomic E-state index is 11.2. The second-order valence-corrected chi connectivity index (χ2v) is 10.2. The van der Waals surface area contributed by atoms with Crippen LogP contribution in [0, 0.1) is 29.1 Å². The van der Waals surface area contributed by atoms with Gasteiger partial charge in [0, 0.05) is 0 Å². The minimum absolute atomic E-state index is 0.123. The lowest BCUT2D eigenvalue weighted by molar-refractivity contribution is -0.411. The molecule has 28 heavy (non-hydrogen) atoms. The van der Waals surface area contributed by atoms with E-state index in [9.17, 15) is 9.90 Å². The van der Waals surface area contributed by atoms with Gasteiger partial charge in [-0.3, -0.25) is 4.79 Å². The van der Waals surface area contributed by atoms with Crippen LogP contribution in [0.1, 0.15) is 79.6 Å². The summed E-state index contributed by atoms with van der Waals surface area (Å²) in [6.07, 6.45) is 9.32. The van der Waals surface area contributed by atoms with Gasteiger partial charge >= 0.3 is 5.97 Å². The van der Waals surface area contributed by atoms with Gasteiger partial charge in [0.15, 0.2) is 0 Å². The van der Waals surface area contributed by atoms with E-state index in [1.165, 1.54) is 30.4 Å². The first-order chi connectivity index (χ1) is 13.1. The van der Waals surface area contributed by atoms with E-state index >= 15 is 0 Å². The zero-order valence-corrected chi connectivity index (χ0v) is 18.3. The Morgan fingerprint density at radius 3 is 2.68 bits per heavy atom. The predicted octanol–water partition coefficient (Wildman–Crippen LogP) is 5.93. The Balaban J connectivity index is 1.62. The predicted molar refractivity (Wildman–Crippen MR) is 111 cm³/mol. The summed E-state index contributed by atoms with van der Waals surface area (Å²) < 4.78 is 0. The van der Waals surface area contributed by atoms with Gasteiger partial charge in [0.2, 0.25) is 0 Å². The van der Waals surface area contributed by atoms with Gasteiger partial charge in [-0.05, 0) is 88.9 Å². The van der Waals surface area contributed by atoms with Gasteiger partial charge in [0.1, 0.15) is 11.7 Å². The van der Waals surface area contributed by atoms with Crippen LogP contribution in [0.4, 0.5) is 0 Å². The Labute approximate surface area is 170 Å². The highest BCUT2D eigenvalue weighted by Gasteiger charge is 2.47. The molecule has 1 N–H and O–H groups in total. The van der Waals surface area contributed by atoms with Crippen molar-refractivity contribution in [3.63, 3.8) is 0 Å². The molecule has 1 saturated carbocycles. The smallest absolute Gasteiger partial charge is 0.308 e. The summed E-state index contributed by atoms with van der Waals surface area (Å²) in [6.45, 7) is 15.4. The maximum absolute atomic E-state index is 11.2. The van der Waals surface area contributed by atoms with Gasteiger partial charge in [-0.2, -0.15) is 0 Å². The van der Waals surface area contributed by atoms with E-state index in [1.54, 1.807) is 6.92 Å². The lowest BCUT2D eigenvalue weighted by atomic mass is 9.54. The Bertz CT molecular complexity index is 643. The van der Waals surface area contributed by atoms with Crippen molar-refractivity contribution in [1.29, 1.82) is 0 Å². The standard InChI is InChI=1S/C24H38O4/c1-15-7-8-20-18(4)24(6,16(2)14-19(20)13-15)12-11-23(5)10-9-21(27-28-23)17(3)22(25)26/h13,16-17,19-21H,4,7-12,14H2,1-3,5-6H3,(H,25,26). The van der Waals surface area contributed by atoms with Crippen LogP contribution in [0.5, 0.6) is 0 Å². The SMILES string of the molecule is C=C1C2CCC(C)=CC2CC(C)C1(C)CCC1(C)CCC(C(C)C(=O)O)OO1. The first kappa shape index (κ1) is 21.6. The summed E-state index contributed by atoms with van der Waals surface area (Å²) in [5.41, 5.74) is 2.74. The Hall–Kier alpha value is -1.13. The Morgan fingerprint density at radius 2 is 2.07 bits per heavy atom. The first-order valence-electron chi connectivity index (χ1n) is 11.0. The van der Waals surface area contributed by atoms with Crippen LogP contribution in [-0.4, -0.2) is 22.8 Å². The number of fused-ring (bicyclic) bond motifs is 1. The molecular formula is C24H38O4. The number of rotatable bonds is 5. The fourth-order valence-electron chi connectivity index (χ4n) is 5.54. The van der Waals surface area contributed by atoms with Gasteiger partial charge in [0.05, 0.1) is 5.92 Å². The molecule has 3 rings (SSSR count). The summed E-state index contributed by atoms with van der Waals surface area (Å²) in [5, 5.41) is 9.19. The minimum atomic E-state index is -0.830. The molecule has 0 aromatic carbocycles. The van der Waals surface area contributed by atoms with E-state index in [2.05, 4.69) is 40.3 Å². The molecule has 1 aliphatic heterocycles. The molecule has 2 aliphatic carbocycles. The van der Waals surface area contributed by atoms with Crippen LogP contribution in [-0.2, 0) is 14.6 Å². The monoisotopic (exact) mass is 390 g/mol. The fraction of sp³-hybridized carbons (Fsp3) is 0.792. The van der Waals surface area contributed by atoms with Crippen molar-refractivity contribution in [3.05, 3.63) is 23.8 Å². The van der Waals surface area contributed by atoms with Crippen molar-refractivity contribution in [2.45, 2.75) is 91.3 Å². The van der Waals surface area contributed by atoms with E-state index in [4.69, 9.17) is 9.78 Å². The third kappa shape index (κ3) is 4.09. The summed E-state index contributed by atoms with van der Waals surface area (Å²) in [5.74, 6) is 0.495. The van der Waals surface area contributed by atoms with Gasteiger partial charge in [-0.1, -0.05) is 37.6 Å². The van der Waals surface area contributed by atoms with Crippen LogP contribution in [0.2, 0.25) is 0 Å². The van der Waals surface area contributed by atoms with Crippen LogP contribution < -0.4 is 0 Å². The van der Waals surface area contributed by atoms with Crippen molar-refractivity contribution in [2.75, 3.05) is 0 Å². The molecule has 0 amide bonds. The largest absolute Gasteiger partial charge is 0.481 e. The molecular weight excluding hydrogens is 352 g/mol. The molecule has 7 atom stereocenters. The van der Waals surface area contributed by atoms with E-state index in [0.29, 0.717) is 17.8 Å². The van der Waals surface area contributed by atoms with Crippen molar-refractivity contribution in [2.24, 2.45) is 29.1 Å². The van der Waals surface area contributed by atoms with Crippen molar-refractivity contribution < 1.29 is 19.7 Å². The summed E-state index contributed by atoms with van der Waals surface area (Å²) in [6, 6.07) is 0. The molecule has 3 aliphatic rings. The Kier molecular flexibility index (Phi) is 6.12. The van der Waals surface area contributed by atoms with Crippen LogP contribution in [0.3, 0.4) is 0 Å². The lowest BCUT2D eigenvalue weighted by Crippen LogP contribution is -2.44. The first-order valence-corrected chi connectivity index (χ1v) is 11.0. The molecule has 0 aromatic rings. The topological polar surface area (TPSA) is 55.8 Å². The second kappa shape index (κ2) is 7.95. The van der Waals surface area contributed by atoms with Crippen LogP contribution >= 0.6 is 0 Å². The average Bonchev–Trinajstić information content (AvgIpc) is 2.65. The molecule has 4 nitrogen and oxygen atoms in total. The van der Waals surface area contributed by atoms with E-state index in [1.807, 2.05) is 0 Å². The van der Waals surface area contributed by atoms with Gasteiger partial charge < -0.3 is 5.11 Å². The highest BCUT2D eigenvalue weighted by Crippen LogP contribution is 2.55. The number of carbonyl (C=O) groups is 1. The van der Waals surface area contributed by atoms with E-state index < -0.39 is 11.9 Å². The zero-order chi connectivity index (χ0) is 20.7. The molecule has 2 fully saturated rings. The molecule has 1 saturated heterocycles. The van der Waals surface area contributed by atoms with Gasteiger partial charge in [0.25, 0.3) is 0 Å². The number of aliphatic carboxylic acids is 1. The number of carboxylic acids is 1. The van der Waals surface area contributed by atoms with Crippen molar-refractivity contribution in [3.8, 4) is 0 Å². The molecule has 0 bridgehead atoms. The normalized spacial score (nSPS) is 42.5. The highest BCUT2D eigenvalue weighted by molar-refractivity contribution is 5.70. The van der Waals surface area contributed by atoms with Crippen molar-refractivity contribution in [1.82, 2.24) is 0 Å². The number of carboxylic acid groups (broad SMARTS) is 1. The quantitative estimate of drug-likeness (QED) is 0.467. The average molecular weight is 391 g/mol.